The highest BCUT2D eigenvalue weighted by molar-refractivity contribution is 6.01. The summed E-state index contributed by atoms with van der Waals surface area (Å²) in [5.74, 6) is 1.22. The average molecular weight is 653 g/mol. The van der Waals surface area contributed by atoms with E-state index in [1.165, 1.54) is 37.1 Å². The number of hydrogen-bond acceptors (Lipinski definition) is 8. The van der Waals surface area contributed by atoms with Gasteiger partial charge in [-0.1, -0.05) is 18.6 Å². The zero-order valence-corrected chi connectivity index (χ0v) is 26.3. The average Bonchev–Trinajstić information content (AvgIpc) is 3.01. The van der Waals surface area contributed by atoms with Gasteiger partial charge in [-0.25, -0.2) is 9.37 Å². The van der Waals surface area contributed by atoms with Crippen molar-refractivity contribution in [2.45, 2.75) is 31.1 Å². The number of anilines is 3. The normalized spacial score (nSPS) is 20.0. The maximum Gasteiger partial charge on any atom is 0.417 e. The predicted octanol–water partition coefficient (Wildman–Crippen LogP) is 3.09. The van der Waals surface area contributed by atoms with Gasteiger partial charge in [0, 0.05) is 65.1 Å². The number of pyridine rings is 1. The summed E-state index contributed by atoms with van der Waals surface area (Å²) >= 11 is 0. The molecule has 2 aromatic rings. The number of rotatable bonds is 7. The number of likely N-dealkylation sites (tertiary alicyclic amines) is 1. The number of terminal acetylenes is 1. The molecule has 248 valence electrons. The Hall–Kier alpha value is -4.66. The second kappa shape index (κ2) is 13.2. The summed E-state index contributed by atoms with van der Waals surface area (Å²) in [6.45, 7) is 9.61. The predicted molar refractivity (Wildman–Crippen MR) is 169 cm³/mol. The molecule has 14 heteroatoms. The van der Waals surface area contributed by atoms with E-state index in [0.717, 1.165) is 6.07 Å². The third kappa shape index (κ3) is 6.62. The zero-order chi connectivity index (χ0) is 34.1. The van der Waals surface area contributed by atoms with Crippen molar-refractivity contribution < 1.29 is 27.2 Å². The number of nitrogens with zero attached hydrogens (tertiary/aromatic N) is 7. The molecule has 0 saturated carbocycles. The lowest BCUT2D eigenvalue weighted by atomic mass is 9.84. The molecule has 2 amide bonds. The Labute approximate surface area is 271 Å². The van der Waals surface area contributed by atoms with Gasteiger partial charge in [-0.15, -0.1) is 6.42 Å². The molecule has 0 radical (unpaired) electrons. The molecule has 0 unspecified atom stereocenters. The van der Waals surface area contributed by atoms with E-state index in [0.29, 0.717) is 58.0 Å². The van der Waals surface area contributed by atoms with Crippen LogP contribution < -0.4 is 15.1 Å². The Kier molecular flexibility index (Phi) is 9.48. The van der Waals surface area contributed by atoms with Gasteiger partial charge in [0.15, 0.2) is 0 Å². The second-order valence-electron chi connectivity index (χ2n) is 12.1. The van der Waals surface area contributed by atoms with Gasteiger partial charge in [-0.3, -0.25) is 19.4 Å². The Morgan fingerprint density at radius 3 is 2.64 bits per heavy atom. The number of benzene rings is 1. The third-order valence-corrected chi connectivity index (χ3v) is 9.13. The molecule has 0 bridgehead atoms. The molecule has 4 heterocycles. The number of fused-ring (bicyclic) bond motifs is 1. The Morgan fingerprint density at radius 2 is 1.98 bits per heavy atom. The number of carbonyl (C=O) groups is 2. The van der Waals surface area contributed by atoms with E-state index >= 15 is 4.39 Å². The first kappa shape index (κ1) is 33.7. The zero-order valence-electron chi connectivity index (χ0n) is 26.3. The number of aromatic nitrogens is 1. The Bertz CT molecular complexity index is 1640. The van der Waals surface area contributed by atoms with Crippen molar-refractivity contribution in [3.05, 3.63) is 59.6 Å². The summed E-state index contributed by atoms with van der Waals surface area (Å²) in [6.07, 6.45) is 2.23. The third-order valence-electron chi connectivity index (χ3n) is 9.13. The van der Waals surface area contributed by atoms with Crippen LogP contribution in [0.3, 0.4) is 0 Å². The smallest absolute Gasteiger partial charge is 0.366 e. The van der Waals surface area contributed by atoms with Crippen LogP contribution in [0.1, 0.15) is 23.2 Å². The Balaban J connectivity index is 1.38. The highest BCUT2D eigenvalue weighted by Gasteiger charge is 2.51. The van der Waals surface area contributed by atoms with E-state index in [4.69, 9.17) is 6.42 Å². The minimum atomic E-state index is -4.80. The fraction of sp³-hybridized carbons (Fsp3) is 0.455. The largest absolute Gasteiger partial charge is 0.417 e. The molecule has 2 saturated heterocycles. The lowest BCUT2D eigenvalue weighted by Crippen LogP contribution is -2.77. The number of halogens is 4. The van der Waals surface area contributed by atoms with Gasteiger partial charge in [0.1, 0.15) is 29.3 Å². The molecule has 10 nitrogen and oxygen atoms in total. The fourth-order valence-electron chi connectivity index (χ4n) is 6.75. The summed E-state index contributed by atoms with van der Waals surface area (Å²) < 4.78 is 56.8. The van der Waals surface area contributed by atoms with Crippen LogP contribution in [0, 0.1) is 36.4 Å². The molecule has 1 N–H and O–H groups in total. The summed E-state index contributed by atoms with van der Waals surface area (Å²) in [6, 6.07) is 5.77. The van der Waals surface area contributed by atoms with Crippen LogP contribution in [-0.2, 0) is 15.8 Å². The van der Waals surface area contributed by atoms with Gasteiger partial charge in [-0.2, -0.15) is 18.4 Å². The number of hydrogen-bond donors (Lipinski definition) is 1. The lowest BCUT2D eigenvalue weighted by molar-refractivity contribution is -0.147. The fourth-order valence-corrected chi connectivity index (χ4v) is 6.75. The van der Waals surface area contributed by atoms with Crippen LogP contribution >= 0.6 is 0 Å². The topological polar surface area (TPSA) is 99.0 Å². The number of carbonyl (C=O) groups excluding carboxylic acids is 2. The highest BCUT2D eigenvalue weighted by atomic mass is 19.4. The van der Waals surface area contributed by atoms with E-state index in [1.807, 2.05) is 4.90 Å². The molecule has 0 aliphatic carbocycles. The summed E-state index contributed by atoms with van der Waals surface area (Å²) in [4.78, 5) is 39.3. The van der Waals surface area contributed by atoms with Crippen molar-refractivity contribution in [3.63, 3.8) is 0 Å². The first-order chi connectivity index (χ1) is 22.3. The van der Waals surface area contributed by atoms with E-state index in [2.05, 4.69) is 32.6 Å². The monoisotopic (exact) mass is 652 g/mol. The quantitative estimate of drug-likeness (QED) is 0.277. The SMILES string of the molecule is C#CCN1CCN(CCN2CC[C@H](Nc3nc(C)cc(C(F)(F)F)c3C#N)C(=O)N(C)c3cccc(F)c32)CC12CN(C(=O)C=C)C2. The van der Waals surface area contributed by atoms with Crippen molar-refractivity contribution >= 4 is 29.0 Å². The van der Waals surface area contributed by atoms with E-state index < -0.39 is 35.1 Å². The van der Waals surface area contributed by atoms with Crippen molar-refractivity contribution in [2.24, 2.45) is 0 Å². The van der Waals surface area contributed by atoms with Crippen molar-refractivity contribution in [1.82, 2.24) is 19.7 Å². The molecule has 1 aromatic carbocycles. The second-order valence-corrected chi connectivity index (χ2v) is 12.1. The summed E-state index contributed by atoms with van der Waals surface area (Å²) in [7, 11) is 1.48. The van der Waals surface area contributed by atoms with Crippen molar-refractivity contribution in [1.29, 1.82) is 5.26 Å². The number of piperazine rings is 1. The number of nitrogens with one attached hydrogen (secondary N) is 1. The molecule has 1 atom stereocenters. The van der Waals surface area contributed by atoms with Crippen LogP contribution in [0.4, 0.5) is 34.8 Å². The van der Waals surface area contributed by atoms with Crippen molar-refractivity contribution in [2.75, 3.05) is 81.1 Å². The van der Waals surface area contributed by atoms with E-state index in [1.54, 1.807) is 17.0 Å². The van der Waals surface area contributed by atoms with E-state index in [-0.39, 0.29) is 41.6 Å². The Morgan fingerprint density at radius 1 is 1.23 bits per heavy atom. The van der Waals surface area contributed by atoms with Gasteiger partial charge >= 0.3 is 6.18 Å². The van der Waals surface area contributed by atoms with Crippen LogP contribution in [-0.4, -0.2) is 109 Å². The molecule has 3 aliphatic rings. The summed E-state index contributed by atoms with van der Waals surface area (Å²) in [5.41, 5.74) is -1.56. The van der Waals surface area contributed by atoms with Gasteiger partial charge in [0.05, 0.1) is 29.0 Å². The van der Waals surface area contributed by atoms with E-state index in [9.17, 15) is 28.0 Å². The van der Waals surface area contributed by atoms with Gasteiger partial charge < -0.3 is 20.0 Å². The number of alkyl halides is 3. The molecule has 5 rings (SSSR count). The maximum atomic E-state index is 15.5. The van der Waals surface area contributed by atoms with Gasteiger partial charge in [-0.05, 0) is 37.6 Å². The molecular formula is C33H36F4N8O2. The highest BCUT2D eigenvalue weighted by Crippen LogP contribution is 2.37. The minimum Gasteiger partial charge on any atom is -0.366 e. The molecule has 3 aliphatic heterocycles. The van der Waals surface area contributed by atoms with Gasteiger partial charge in [0.25, 0.3) is 0 Å². The van der Waals surface area contributed by atoms with Crippen LogP contribution in [0.2, 0.25) is 0 Å². The van der Waals surface area contributed by atoms with Crippen LogP contribution in [0.5, 0.6) is 0 Å². The first-order valence-corrected chi connectivity index (χ1v) is 15.2. The summed E-state index contributed by atoms with van der Waals surface area (Å²) in [5, 5.41) is 12.5. The number of aryl methyl sites for hydroxylation is 1. The first-order valence-electron chi connectivity index (χ1n) is 15.2. The number of likely N-dealkylation sites (N-methyl/N-ethyl adjacent to an activating group) is 1. The van der Waals surface area contributed by atoms with Crippen LogP contribution in [0.25, 0.3) is 0 Å². The number of nitriles is 1. The number of para-hydroxylation sites is 1. The molecule has 2 fully saturated rings. The number of amides is 2. The molecule has 47 heavy (non-hydrogen) atoms. The minimum absolute atomic E-state index is 0.0306. The van der Waals surface area contributed by atoms with Gasteiger partial charge in [0.2, 0.25) is 11.8 Å². The standard InChI is InChI=1S/C33H36F4N8O2/c1-5-11-45-16-14-42(19-32(45)20-44(21-32)28(46)6-2)13-15-43-12-10-26(31(47)41(4)27-9-7-8-25(34)29(27)43)40-30-23(18-38)24(33(35,36)37)17-22(3)39-30/h1,6-9,17,26H,2,10-16,19-21H2,3-4H3,(H,39,40)/t26-/m0/s1. The molecular weight excluding hydrogens is 616 g/mol. The molecule has 1 spiro atoms. The molecule has 1 aromatic heterocycles. The maximum absolute atomic E-state index is 15.5. The van der Waals surface area contributed by atoms with Crippen LogP contribution in [0.15, 0.2) is 36.9 Å². The lowest BCUT2D eigenvalue weighted by Gasteiger charge is -2.59. The van der Waals surface area contributed by atoms with Crippen molar-refractivity contribution in [3.8, 4) is 18.4 Å².